The van der Waals surface area contributed by atoms with Crippen molar-refractivity contribution in [2.75, 3.05) is 26.7 Å². The lowest BCUT2D eigenvalue weighted by atomic mass is 9.86. The fourth-order valence-corrected chi connectivity index (χ4v) is 2.49. The van der Waals surface area contributed by atoms with Gasteiger partial charge in [0.05, 0.1) is 6.54 Å². The zero-order valence-corrected chi connectivity index (χ0v) is 9.11. The van der Waals surface area contributed by atoms with E-state index < -0.39 is 12.7 Å². The van der Waals surface area contributed by atoms with Gasteiger partial charge in [-0.25, -0.2) is 0 Å². The molecule has 90 valence electrons. The highest BCUT2D eigenvalue weighted by Crippen LogP contribution is 2.37. The molecule has 0 aromatic rings. The maximum atomic E-state index is 12.1. The van der Waals surface area contributed by atoms with Gasteiger partial charge in [0.25, 0.3) is 0 Å². The third kappa shape index (κ3) is 3.99. The van der Waals surface area contributed by atoms with Crippen LogP contribution in [0.25, 0.3) is 0 Å². The van der Waals surface area contributed by atoms with Crippen LogP contribution in [-0.4, -0.2) is 37.8 Å². The predicted molar refractivity (Wildman–Crippen MR) is 53.5 cm³/mol. The first kappa shape index (κ1) is 12.8. The molecule has 0 spiro atoms. The fourth-order valence-electron chi connectivity index (χ4n) is 2.49. The second-order valence-electron chi connectivity index (χ2n) is 4.70. The highest BCUT2D eigenvalue weighted by molar-refractivity contribution is 4.88. The summed E-state index contributed by atoms with van der Waals surface area (Å²) in [6.45, 7) is 0.118. The standard InChI is InChI=1S/C10H19F3N2/c1-15(8-10(11,12)13)7-9(6-14)4-2-3-5-9/h2-8,14H2,1H3. The average molecular weight is 224 g/mol. The summed E-state index contributed by atoms with van der Waals surface area (Å²) in [5.74, 6) is 0. The summed E-state index contributed by atoms with van der Waals surface area (Å²) in [4.78, 5) is 1.35. The molecule has 1 aliphatic carbocycles. The number of alkyl halides is 3. The first-order valence-electron chi connectivity index (χ1n) is 5.32. The van der Waals surface area contributed by atoms with Gasteiger partial charge in [-0.2, -0.15) is 13.2 Å². The summed E-state index contributed by atoms with van der Waals surface area (Å²) in [6, 6.07) is 0. The van der Waals surface area contributed by atoms with E-state index in [-0.39, 0.29) is 5.41 Å². The first-order chi connectivity index (χ1) is 6.87. The van der Waals surface area contributed by atoms with Gasteiger partial charge >= 0.3 is 6.18 Å². The molecule has 0 atom stereocenters. The summed E-state index contributed by atoms with van der Waals surface area (Å²) < 4.78 is 36.4. The molecule has 0 bridgehead atoms. The minimum Gasteiger partial charge on any atom is -0.330 e. The molecular weight excluding hydrogens is 205 g/mol. The van der Waals surface area contributed by atoms with Crippen molar-refractivity contribution in [2.45, 2.75) is 31.9 Å². The molecule has 0 unspecified atom stereocenters. The molecule has 0 saturated heterocycles. The van der Waals surface area contributed by atoms with E-state index >= 15 is 0 Å². The number of hydrogen-bond acceptors (Lipinski definition) is 2. The van der Waals surface area contributed by atoms with E-state index in [0.29, 0.717) is 13.1 Å². The molecule has 1 saturated carbocycles. The Kier molecular flexibility index (Phi) is 4.00. The van der Waals surface area contributed by atoms with Crippen molar-refractivity contribution >= 4 is 0 Å². The first-order valence-corrected chi connectivity index (χ1v) is 5.32. The van der Waals surface area contributed by atoms with Crippen molar-refractivity contribution in [3.8, 4) is 0 Å². The van der Waals surface area contributed by atoms with Crippen LogP contribution in [0.5, 0.6) is 0 Å². The summed E-state index contributed by atoms with van der Waals surface area (Å²) in [6.07, 6.45) is 0.00858. The van der Waals surface area contributed by atoms with Gasteiger partial charge in [-0.1, -0.05) is 12.8 Å². The Morgan fingerprint density at radius 1 is 1.27 bits per heavy atom. The Hall–Kier alpha value is -0.290. The maximum absolute atomic E-state index is 12.1. The van der Waals surface area contributed by atoms with Crippen molar-refractivity contribution in [1.82, 2.24) is 4.90 Å². The minimum absolute atomic E-state index is 0.0694. The molecule has 1 fully saturated rings. The third-order valence-electron chi connectivity index (χ3n) is 3.15. The third-order valence-corrected chi connectivity index (χ3v) is 3.15. The number of nitrogens with zero attached hydrogens (tertiary/aromatic N) is 1. The molecule has 15 heavy (non-hydrogen) atoms. The fraction of sp³-hybridized carbons (Fsp3) is 1.00. The molecule has 5 heteroatoms. The molecule has 0 radical (unpaired) electrons. The minimum atomic E-state index is -4.11. The number of nitrogens with two attached hydrogens (primary N) is 1. The van der Waals surface area contributed by atoms with E-state index in [1.165, 1.54) is 11.9 Å². The lowest BCUT2D eigenvalue weighted by molar-refractivity contribution is -0.145. The highest BCUT2D eigenvalue weighted by atomic mass is 19.4. The highest BCUT2D eigenvalue weighted by Gasteiger charge is 2.36. The van der Waals surface area contributed by atoms with Crippen LogP contribution in [-0.2, 0) is 0 Å². The van der Waals surface area contributed by atoms with Crippen molar-refractivity contribution < 1.29 is 13.2 Å². The molecule has 0 heterocycles. The van der Waals surface area contributed by atoms with Gasteiger partial charge in [-0.3, -0.25) is 4.90 Å². The molecule has 2 N–H and O–H groups in total. The normalized spacial score (nSPS) is 21.2. The molecule has 1 aliphatic rings. The molecular formula is C10H19F3N2. The molecule has 1 rings (SSSR count). The van der Waals surface area contributed by atoms with Crippen LogP contribution >= 0.6 is 0 Å². The quantitative estimate of drug-likeness (QED) is 0.791. The van der Waals surface area contributed by atoms with Crippen LogP contribution in [0, 0.1) is 5.41 Å². The van der Waals surface area contributed by atoms with Crippen LogP contribution in [0.1, 0.15) is 25.7 Å². The van der Waals surface area contributed by atoms with Crippen LogP contribution in [0.15, 0.2) is 0 Å². The topological polar surface area (TPSA) is 29.3 Å². The van der Waals surface area contributed by atoms with Gasteiger partial charge in [-0.05, 0) is 31.8 Å². The van der Waals surface area contributed by atoms with Crippen LogP contribution < -0.4 is 5.73 Å². The lowest BCUT2D eigenvalue weighted by Crippen LogP contribution is -2.42. The van der Waals surface area contributed by atoms with E-state index in [2.05, 4.69) is 0 Å². The summed E-state index contributed by atoms with van der Waals surface area (Å²) in [5.41, 5.74) is 5.60. The Morgan fingerprint density at radius 3 is 2.20 bits per heavy atom. The van der Waals surface area contributed by atoms with E-state index in [4.69, 9.17) is 5.73 Å². The van der Waals surface area contributed by atoms with E-state index in [1.54, 1.807) is 0 Å². The Balaban J connectivity index is 2.45. The summed E-state index contributed by atoms with van der Waals surface area (Å²) in [5, 5.41) is 0. The predicted octanol–water partition coefficient (Wildman–Crippen LogP) is 2.00. The Bertz CT molecular complexity index is 197. The zero-order valence-electron chi connectivity index (χ0n) is 9.11. The largest absolute Gasteiger partial charge is 0.401 e. The second kappa shape index (κ2) is 4.70. The van der Waals surface area contributed by atoms with Gasteiger partial charge in [-0.15, -0.1) is 0 Å². The van der Waals surface area contributed by atoms with E-state index in [1.807, 2.05) is 0 Å². The van der Waals surface area contributed by atoms with Crippen molar-refractivity contribution in [3.63, 3.8) is 0 Å². The summed E-state index contributed by atoms with van der Waals surface area (Å²) >= 11 is 0. The van der Waals surface area contributed by atoms with Gasteiger partial charge < -0.3 is 5.73 Å². The maximum Gasteiger partial charge on any atom is 0.401 e. The van der Waals surface area contributed by atoms with Crippen LogP contribution in [0.3, 0.4) is 0 Å². The molecule has 0 aliphatic heterocycles. The van der Waals surface area contributed by atoms with Gasteiger partial charge in [0.2, 0.25) is 0 Å². The Morgan fingerprint density at radius 2 is 1.80 bits per heavy atom. The van der Waals surface area contributed by atoms with E-state index in [0.717, 1.165) is 25.7 Å². The SMILES string of the molecule is CN(CC(F)(F)F)CC1(CN)CCCC1. The molecule has 2 nitrogen and oxygen atoms in total. The molecule has 0 amide bonds. The van der Waals surface area contributed by atoms with Gasteiger partial charge in [0.1, 0.15) is 0 Å². The molecule has 0 aromatic heterocycles. The van der Waals surface area contributed by atoms with Crippen molar-refractivity contribution in [1.29, 1.82) is 0 Å². The van der Waals surface area contributed by atoms with Crippen LogP contribution in [0.2, 0.25) is 0 Å². The van der Waals surface area contributed by atoms with Crippen molar-refractivity contribution in [2.24, 2.45) is 11.1 Å². The number of halogens is 3. The van der Waals surface area contributed by atoms with E-state index in [9.17, 15) is 13.2 Å². The monoisotopic (exact) mass is 224 g/mol. The van der Waals surface area contributed by atoms with Gasteiger partial charge in [0, 0.05) is 6.54 Å². The van der Waals surface area contributed by atoms with Crippen LogP contribution in [0.4, 0.5) is 13.2 Å². The smallest absolute Gasteiger partial charge is 0.330 e. The number of hydrogen-bond donors (Lipinski definition) is 1. The summed E-state index contributed by atoms with van der Waals surface area (Å²) in [7, 11) is 1.52. The zero-order chi connectivity index (χ0) is 11.5. The molecule has 0 aromatic carbocycles. The number of rotatable bonds is 4. The second-order valence-corrected chi connectivity index (χ2v) is 4.70. The Labute approximate surface area is 88.6 Å². The average Bonchev–Trinajstić information content (AvgIpc) is 2.50. The van der Waals surface area contributed by atoms with Gasteiger partial charge in [0.15, 0.2) is 0 Å². The van der Waals surface area contributed by atoms with Crippen molar-refractivity contribution in [3.05, 3.63) is 0 Å². The lowest BCUT2D eigenvalue weighted by Gasteiger charge is -2.32.